The molecule has 5 aromatic rings. The van der Waals surface area contributed by atoms with Crippen molar-refractivity contribution in [3.63, 3.8) is 0 Å². The van der Waals surface area contributed by atoms with Crippen LogP contribution in [0.25, 0.3) is 28.0 Å². The molecular formula is C47H49NO2S2. The third kappa shape index (κ3) is 5.28. The van der Waals surface area contributed by atoms with Crippen molar-refractivity contribution in [1.82, 2.24) is 0 Å². The maximum Gasteiger partial charge on any atom is 0.178 e. The van der Waals surface area contributed by atoms with Crippen LogP contribution in [0.3, 0.4) is 0 Å². The lowest BCUT2D eigenvalue weighted by Crippen LogP contribution is -2.44. The highest BCUT2D eigenvalue weighted by atomic mass is 32.2. The fraction of sp³-hybridized carbons (Fsp3) is 0.362. The molecule has 2 aliphatic heterocycles. The molecule has 2 fully saturated rings. The first-order valence-corrected chi connectivity index (χ1v) is 21.3. The van der Waals surface area contributed by atoms with Crippen LogP contribution in [0.5, 0.6) is 5.75 Å². The molecule has 1 spiro atoms. The number of fused-ring (bicyclic) bond motifs is 10. The Kier molecular flexibility index (Phi) is 8.19. The molecule has 2 heterocycles. The zero-order valence-electron chi connectivity index (χ0n) is 31.3. The minimum absolute atomic E-state index is 0.118. The number of hydrogen-bond acceptors (Lipinski definition) is 5. The summed E-state index contributed by atoms with van der Waals surface area (Å²) in [5.74, 6) is 1.01. The molecule has 3 nitrogen and oxygen atoms in total. The second-order valence-electron chi connectivity index (χ2n) is 16.9. The lowest BCUT2D eigenvalue weighted by molar-refractivity contribution is 0.0642. The molecule has 1 saturated heterocycles. The predicted octanol–water partition coefficient (Wildman–Crippen LogP) is 12.0. The molecule has 0 bridgehead atoms. The van der Waals surface area contributed by atoms with Crippen molar-refractivity contribution in [2.75, 3.05) is 43.7 Å². The van der Waals surface area contributed by atoms with Gasteiger partial charge in [-0.15, -0.1) is 23.5 Å². The van der Waals surface area contributed by atoms with E-state index < -0.39 is 5.60 Å². The molecule has 0 N–H and O–H groups in total. The first-order chi connectivity index (χ1) is 25.1. The van der Waals surface area contributed by atoms with Gasteiger partial charge in [-0.3, -0.25) is 0 Å². The Balaban J connectivity index is 1.34. The average Bonchev–Trinajstić information content (AvgIpc) is 3.42. The zero-order chi connectivity index (χ0) is 35.9. The van der Waals surface area contributed by atoms with Crippen molar-refractivity contribution in [2.45, 2.75) is 67.8 Å². The van der Waals surface area contributed by atoms with Gasteiger partial charge in [-0.1, -0.05) is 101 Å². The first kappa shape index (κ1) is 34.1. The van der Waals surface area contributed by atoms with Gasteiger partial charge in [0.2, 0.25) is 0 Å². The van der Waals surface area contributed by atoms with Crippen LogP contribution in [0, 0.1) is 10.8 Å². The molecule has 1 atom stereocenters. The highest BCUT2D eigenvalue weighted by Crippen LogP contribution is 2.67. The molecule has 1 unspecified atom stereocenters. The molecule has 1 saturated carbocycles. The van der Waals surface area contributed by atoms with Crippen molar-refractivity contribution >= 4 is 46.1 Å². The third-order valence-electron chi connectivity index (χ3n) is 12.1. The van der Waals surface area contributed by atoms with E-state index in [-0.39, 0.29) is 16.2 Å². The zero-order valence-corrected chi connectivity index (χ0v) is 33.0. The van der Waals surface area contributed by atoms with Crippen LogP contribution in [0.15, 0.2) is 107 Å². The normalized spacial score (nSPS) is 22.2. The van der Waals surface area contributed by atoms with Crippen LogP contribution in [-0.4, -0.2) is 38.8 Å². The minimum Gasteiger partial charge on any atom is -0.472 e. The Morgan fingerprint density at radius 3 is 1.96 bits per heavy atom. The minimum atomic E-state index is -0.791. The number of ether oxygens (including phenoxy) is 2. The Labute approximate surface area is 318 Å². The molecule has 2 aliphatic carbocycles. The molecule has 0 amide bonds. The molecule has 5 aromatic carbocycles. The molecule has 0 aromatic heterocycles. The molecule has 9 rings (SSSR count). The van der Waals surface area contributed by atoms with E-state index in [2.05, 4.69) is 148 Å². The van der Waals surface area contributed by atoms with Gasteiger partial charge in [-0.25, -0.2) is 0 Å². The number of nitrogens with zero attached hydrogens (tertiary/aromatic N) is 1. The van der Waals surface area contributed by atoms with Gasteiger partial charge in [-0.05, 0) is 101 Å². The molecular weight excluding hydrogens is 675 g/mol. The fourth-order valence-electron chi connectivity index (χ4n) is 10.9. The Hall–Kier alpha value is -3.64. The maximum atomic E-state index is 7.79. The SMILES string of the molecule is CSc1cc2c3c(c4c(c2cc1SC)-c1ccccc1C41CC(C)(C)CC(C)(C)C1)C=CC(c1ccccc1)(c1ccc(N2CCOCC2)cc1)O3. The van der Waals surface area contributed by atoms with Crippen LogP contribution in [-0.2, 0) is 15.8 Å². The summed E-state index contributed by atoms with van der Waals surface area (Å²) in [5, 5.41) is 2.51. The average molecular weight is 724 g/mol. The van der Waals surface area contributed by atoms with Gasteiger partial charge in [0.05, 0.1) is 13.2 Å². The molecule has 52 heavy (non-hydrogen) atoms. The Bertz CT molecular complexity index is 2200. The summed E-state index contributed by atoms with van der Waals surface area (Å²) in [6.45, 7) is 13.3. The number of anilines is 1. The molecule has 0 radical (unpaired) electrons. The predicted molar refractivity (Wildman–Crippen MR) is 221 cm³/mol. The highest BCUT2D eigenvalue weighted by Gasteiger charge is 2.55. The standard InChI is InChI=1S/C47H49NO2S2/c1-44(2)28-45(3,4)30-46(29-44)38-15-11-10-14-34(38)41-36-26-39(51-5)40(52-6)27-37(36)43-35(42(41)46)20-21-47(50-43,31-12-8-7-9-13-31)32-16-18-33(19-17-32)48-22-24-49-25-23-48/h7-21,26-27H,22-25,28-30H2,1-6H3. The molecule has 4 aliphatic rings. The number of rotatable bonds is 5. The van der Waals surface area contributed by atoms with E-state index in [1.165, 1.54) is 60.5 Å². The van der Waals surface area contributed by atoms with E-state index in [1.807, 2.05) is 23.5 Å². The Morgan fingerprint density at radius 1 is 0.673 bits per heavy atom. The number of thioether (sulfide) groups is 2. The highest BCUT2D eigenvalue weighted by molar-refractivity contribution is 8.01. The smallest absolute Gasteiger partial charge is 0.178 e. The lowest BCUT2D eigenvalue weighted by Gasteiger charge is -2.52. The maximum absolute atomic E-state index is 7.79. The van der Waals surface area contributed by atoms with Crippen molar-refractivity contribution in [2.24, 2.45) is 10.8 Å². The summed E-state index contributed by atoms with van der Waals surface area (Å²) in [4.78, 5) is 5.04. The van der Waals surface area contributed by atoms with Gasteiger partial charge in [0.1, 0.15) is 5.75 Å². The van der Waals surface area contributed by atoms with Crippen molar-refractivity contribution in [1.29, 1.82) is 0 Å². The van der Waals surface area contributed by atoms with E-state index in [1.54, 1.807) is 0 Å². The van der Waals surface area contributed by atoms with Gasteiger partial charge in [0.15, 0.2) is 5.60 Å². The van der Waals surface area contributed by atoms with E-state index in [4.69, 9.17) is 9.47 Å². The van der Waals surface area contributed by atoms with Gasteiger partial charge >= 0.3 is 0 Å². The Morgan fingerprint density at radius 2 is 1.29 bits per heavy atom. The monoisotopic (exact) mass is 723 g/mol. The van der Waals surface area contributed by atoms with Crippen LogP contribution >= 0.6 is 23.5 Å². The summed E-state index contributed by atoms with van der Waals surface area (Å²) in [6.07, 6.45) is 12.7. The fourth-order valence-corrected chi connectivity index (χ4v) is 12.4. The first-order valence-electron chi connectivity index (χ1n) is 18.8. The van der Waals surface area contributed by atoms with Gasteiger partial charge in [0.25, 0.3) is 0 Å². The number of benzene rings is 5. The molecule has 5 heteroatoms. The quantitative estimate of drug-likeness (QED) is 0.168. The van der Waals surface area contributed by atoms with Crippen molar-refractivity contribution < 1.29 is 9.47 Å². The summed E-state index contributed by atoms with van der Waals surface area (Å²) < 4.78 is 13.4. The van der Waals surface area contributed by atoms with E-state index >= 15 is 0 Å². The summed E-state index contributed by atoms with van der Waals surface area (Å²) in [6, 6.07) is 34.2. The number of morpholine rings is 1. The van der Waals surface area contributed by atoms with E-state index in [0.29, 0.717) is 0 Å². The molecule has 266 valence electrons. The van der Waals surface area contributed by atoms with E-state index in [9.17, 15) is 0 Å². The number of hydrogen-bond donors (Lipinski definition) is 0. The van der Waals surface area contributed by atoms with E-state index in [0.717, 1.165) is 56.0 Å². The van der Waals surface area contributed by atoms with Crippen molar-refractivity contribution in [3.8, 4) is 16.9 Å². The van der Waals surface area contributed by atoms with Crippen LogP contribution in [0.1, 0.15) is 74.8 Å². The topological polar surface area (TPSA) is 21.7 Å². The summed E-state index contributed by atoms with van der Waals surface area (Å²) in [5.41, 5.74) is 9.99. The summed E-state index contributed by atoms with van der Waals surface area (Å²) >= 11 is 3.67. The van der Waals surface area contributed by atoms with Gasteiger partial charge in [-0.2, -0.15) is 0 Å². The lowest BCUT2D eigenvalue weighted by atomic mass is 9.52. The van der Waals surface area contributed by atoms with Crippen LogP contribution < -0.4 is 9.64 Å². The van der Waals surface area contributed by atoms with Gasteiger partial charge < -0.3 is 14.4 Å². The van der Waals surface area contributed by atoms with Crippen LogP contribution in [0.2, 0.25) is 0 Å². The second-order valence-corrected chi connectivity index (χ2v) is 18.6. The van der Waals surface area contributed by atoms with Crippen molar-refractivity contribution in [3.05, 3.63) is 125 Å². The summed E-state index contributed by atoms with van der Waals surface area (Å²) in [7, 11) is 0. The largest absolute Gasteiger partial charge is 0.472 e. The third-order valence-corrected chi connectivity index (χ3v) is 13.8. The van der Waals surface area contributed by atoms with Crippen LogP contribution in [0.4, 0.5) is 5.69 Å². The van der Waals surface area contributed by atoms with Gasteiger partial charge in [0, 0.05) is 56.1 Å². The second kappa shape index (κ2) is 12.5.